The Labute approximate surface area is 435 Å². The van der Waals surface area contributed by atoms with E-state index in [9.17, 15) is 63.3 Å². The van der Waals surface area contributed by atoms with E-state index in [1.165, 1.54) is 12.5 Å². The lowest BCUT2D eigenvalue weighted by Crippen LogP contribution is -2.61. The van der Waals surface area contributed by atoms with Gasteiger partial charge in [0, 0.05) is 66.8 Å². The van der Waals surface area contributed by atoms with E-state index in [1.54, 1.807) is 60.8 Å². The molecule has 0 aliphatic carbocycles. The smallest absolute Gasteiger partial charge is 0.327 e. The fourth-order valence-electron chi connectivity index (χ4n) is 7.63. The number of hydrogen-bond acceptors (Lipinski definition) is 15. The van der Waals surface area contributed by atoms with Crippen LogP contribution in [0.2, 0.25) is 0 Å². The van der Waals surface area contributed by atoms with Gasteiger partial charge in [-0.15, -0.1) is 0 Å². The zero-order chi connectivity index (χ0) is 55.0. The number of benzene rings is 2. The Morgan fingerprint density at radius 3 is 1.69 bits per heavy atom. The summed E-state index contributed by atoms with van der Waals surface area (Å²) in [6.45, 7) is -0.781. The van der Waals surface area contributed by atoms with E-state index < -0.39 is 127 Å². The number of primary amides is 1. The fourth-order valence-corrected chi connectivity index (χ4v) is 7.88. The number of para-hydroxylation sites is 1. The minimum absolute atomic E-state index is 0.0389. The van der Waals surface area contributed by atoms with E-state index in [4.69, 9.17) is 17.2 Å². The van der Waals surface area contributed by atoms with Crippen LogP contribution < -0.4 is 54.4 Å². The van der Waals surface area contributed by atoms with Crippen molar-refractivity contribution in [2.45, 2.75) is 113 Å². The van der Waals surface area contributed by atoms with Gasteiger partial charge >= 0.3 is 11.9 Å². The van der Waals surface area contributed by atoms with Crippen molar-refractivity contribution < 1.29 is 63.3 Å². The van der Waals surface area contributed by atoms with Gasteiger partial charge in [-0.3, -0.25) is 43.2 Å². The topological polar surface area (TPSA) is 438 Å². The lowest BCUT2D eigenvalue weighted by Gasteiger charge is -2.28. The van der Waals surface area contributed by atoms with Gasteiger partial charge in [0.1, 0.15) is 42.3 Å². The molecule has 0 spiro atoms. The Kier molecular flexibility index (Phi) is 24.1. The molecule has 0 radical (unpaired) electrons. The van der Waals surface area contributed by atoms with Gasteiger partial charge in [0.2, 0.25) is 47.3 Å². The van der Waals surface area contributed by atoms with Crippen LogP contribution in [0.5, 0.6) is 0 Å². The molecule has 18 N–H and O–H groups in total. The molecule has 0 saturated carbocycles. The number of carboxylic acid groups (broad SMARTS) is 2. The van der Waals surface area contributed by atoms with Gasteiger partial charge in [-0.2, -0.15) is 12.6 Å². The van der Waals surface area contributed by atoms with Crippen molar-refractivity contribution in [1.82, 2.24) is 52.2 Å². The van der Waals surface area contributed by atoms with Crippen molar-refractivity contribution in [1.29, 1.82) is 0 Å². The summed E-state index contributed by atoms with van der Waals surface area (Å²) in [6, 6.07) is 3.65. The molecule has 2 heterocycles. The highest BCUT2D eigenvalue weighted by molar-refractivity contribution is 7.80. The highest BCUT2D eigenvalue weighted by Crippen LogP contribution is 2.20. The number of fused-ring (bicyclic) bond motifs is 1. The maximum atomic E-state index is 14.5. The largest absolute Gasteiger partial charge is 0.481 e. The number of amides is 8. The van der Waals surface area contributed by atoms with Crippen molar-refractivity contribution >= 4 is 82.7 Å². The van der Waals surface area contributed by atoms with Crippen LogP contribution in [0.15, 0.2) is 73.3 Å². The number of thiol groups is 1. The third-order valence-corrected chi connectivity index (χ3v) is 12.1. The summed E-state index contributed by atoms with van der Waals surface area (Å²) < 4.78 is 0. The molecule has 0 aliphatic rings. The number of aromatic nitrogens is 3. The summed E-state index contributed by atoms with van der Waals surface area (Å²) in [5.74, 6) is -10.4. The molecule has 0 bridgehead atoms. The minimum atomic E-state index is -1.70. The van der Waals surface area contributed by atoms with Crippen LogP contribution in [0.3, 0.4) is 0 Å². The van der Waals surface area contributed by atoms with Crippen LogP contribution in [0.25, 0.3) is 10.9 Å². The Balaban J connectivity index is 1.62. The number of nitrogens with two attached hydrogens (primary N) is 3. The van der Waals surface area contributed by atoms with E-state index in [0.717, 1.165) is 10.9 Å². The lowest BCUT2D eigenvalue weighted by atomic mass is 10.0. The third-order valence-electron chi connectivity index (χ3n) is 11.8. The molecule has 2 aromatic carbocycles. The molecule has 4 aromatic rings. The van der Waals surface area contributed by atoms with E-state index in [0.29, 0.717) is 23.2 Å². The van der Waals surface area contributed by atoms with Gasteiger partial charge < -0.3 is 79.7 Å². The number of H-pyrrole nitrogens is 2. The van der Waals surface area contributed by atoms with Gasteiger partial charge in [-0.25, -0.2) is 9.78 Å². The average molecular weight is 1060 g/mol. The number of aromatic amines is 2. The number of carboxylic acids is 2. The molecule has 0 fully saturated rings. The van der Waals surface area contributed by atoms with Gasteiger partial charge in [0.25, 0.3) is 0 Å². The van der Waals surface area contributed by atoms with E-state index in [-0.39, 0.29) is 57.2 Å². The molecule has 8 atom stereocenters. The number of nitrogens with zero attached hydrogens (tertiary/aromatic N) is 1. The third kappa shape index (κ3) is 19.5. The standard InChI is InChI=1S/C48H65N13O13S/c49-17-7-6-12-32(42(67)59-36(20-28-22-52-25-54-28)46(71)58-35(45(70)61-38(24-75)48(73)74)19-27-21-53-31-11-5-4-10-29(27)31)55-44(69)34(18-26-8-2-1-3-9-26)57-43(68)33(14-16-40(64)65)56-47(72)37(23-62)60-41(66)30(50)13-15-39(51)63/h1-5,8-11,21-22,25,30,32-38,53,62,75H,6-7,12-20,23-24,49-50H2,(H2,51,63)(H,52,54)(H,55,69)(H,56,72)(H,57,68)(H,58,71)(H,59,67)(H,60,66)(H,61,70)(H,64,65)(H,73,74)/t30-,32-,33-,34-,35-,36-,37-,38-/m0/s1. The normalized spacial score (nSPS) is 14.3. The number of carbonyl (C=O) groups is 10. The molecule has 26 nitrogen and oxygen atoms in total. The molecule has 0 unspecified atom stereocenters. The summed E-state index contributed by atoms with van der Waals surface area (Å²) in [6.07, 6.45) is 2.87. The number of aliphatic hydroxyl groups excluding tert-OH is 1. The van der Waals surface area contributed by atoms with Crippen molar-refractivity contribution in [2.24, 2.45) is 17.2 Å². The van der Waals surface area contributed by atoms with Gasteiger partial charge in [-0.1, -0.05) is 48.5 Å². The SMILES string of the molecule is NCCCC[C@H](NC(=O)[C@H](Cc1ccccc1)NC(=O)[C@H](CCC(=O)O)NC(=O)[C@H](CO)NC(=O)[C@@H](N)CCC(N)=O)C(=O)N[C@@H](Cc1cnc[nH]1)C(=O)N[C@@H](Cc1c[nH]c2ccccc12)C(=O)N[C@@H](CS)C(=O)O. The van der Waals surface area contributed by atoms with E-state index in [2.05, 4.69) is 64.8 Å². The minimum Gasteiger partial charge on any atom is -0.481 e. The molecule has 4 rings (SSSR count). The van der Waals surface area contributed by atoms with E-state index >= 15 is 0 Å². The molecule has 27 heteroatoms. The predicted molar refractivity (Wildman–Crippen MR) is 273 cm³/mol. The van der Waals surface area contributed by atoms with Crippen LogP contribution in [0, 0.1) is 0 Å². The zero-order valence-electron chi connectivity index (χ0n) is 40.8. The van der Waals surface area contributed by atoms with E-state index in [1.807, 2.05) is 0 Å². The first-order valence-electron chi connectivity index (χ1n) is 23.9. The Hall–Kier alpha value is -7.88. The number of aliphatic hydroxyl groups is 1. The first-order chi connectivity index (χ1) is 35.8. The van der Waals surface area contributed by atoms with Crippen LogP contribution in [-0.4, -0.2) is 157 Å². The highest BCUT2D eigenvalue weighted by atomic mass is 32.1. The number of carbonyl (C=O) groups excluding carboxylic acids is 8. The number of nitrogens with one attached hydrogen (secondary N) is 9. The van der Waals surface area contributed by atoms with Gasteiger partial charge in [0.15, 0.2) is 0 Å². The van der Waals surface area contributed by atoms with Crippen molar-refractivity contribution in [2.75, 3.05) is 18.9 Å². The molecule has 75 heavy (non-hydrogen) atoms. The summed E-state index contributed by atoms with van der Waals surface area (Å²) in [4.78, 5) is 142. The fraction of sp³-hybridized carbons (Fsp3) is 0.438. The molecule has 8 amide bonds. The maximum absolute atomic E-state index is 14.5. The Morgan fingerprint density at radius 1 is 0.600 bits per heavy atom. The highest BCUT2D eigenvalue weighted by Gasteiger charge is 2.35. The second kappa shape index (κ2) is 30.3. The predicted octanol–water partition coefficient (Wildman–Crippen LogP) is -3.09. The summed E-state index contributed by atoms with van der Waals surface area (Å²) in [5, 5.41) is 47.4. The monoisotopic (exact) mass is 1060 g/mol. The van der Waals surface area contributed by atoms with Gasteiger partial charge in [-0.05, 0) is 55.8 Å². The summed E-state index contributed by atoms with van der Waals surface area (Å²) >= 11 is 4.05. The Bertz CT molecular complexity index is 2580. The number of rotatable bonds is 33. The van der Waals surface area contributed by atoms with Crippen molar-refractivity contribution in [3.05, 3.63) is 90.1 Å². The quantitative estimate of drug-likeness (QED) is 0.0166. The second-order valence-electron chi connectivity index (χ2n) is 17.5. The summed E-state index contributed by atoms with van der Waals surface area (Å²) in [5.41, 5.74) is 18.9. The Morgan fingerprint density at radius 2 is 1.13 bits per heavy atom. The van der Waals surface area contributed by atoms with Crippen molar-refractivity contribution in [3.8, 4) is 0 Å². The lowest BCUT2D eigenvalue weighted by molar-refractivity contribution is -0.141. The van der Waals surface area contributed by atoms with Crippen LogP contribution >= 0.6 is 12.6 Å². The number of unbranched alkanes of at least 4 members (excludes halogenated alkanes) is 1. The number of imidazole rings is 1. The van der Waals surface area contributed by atoms with Crippen LogP contribution in [-0.2, 0) is 67.2 Å². The van der Waals surface area contributed by atoms with Crippen LogP contribution in [0.4, 0.5) is 0 Å². The molecule has 406 valence electrons. The molecule has 0 aliphatic heterocycles. The molecular formula is C48H65N13O13S. The van der Waals surface area contributed by atoms with Crippen LogP contribution in [0.1, 0.15) is 61.8 Å². The molecular weight excluding hydrogens is 999 g/mol. The summed E-state index contributed by atoms with van der Waals surface area (Å²) in [7, 11) is 0. The molecule has 2 aromatic heterocycles. The van der Waals surface area contributed by atoms with Crippen molar-refractivity contribution in [3.63, 3.8) is 0 Å². The average Bonchev–Trinajstić information content (AvgIpc) is 4.06. The molecule has 0 saturated heterocycles. The second-order valence-corrected chi connectivity index (χ2v) is 17.9. The first-order valence-corrected chi connectivity index (χ1v) is 24.6. The maximum Gasteiger partial charge on any atom is 0.327 e. The van der Waals surface area contributed by atoms with Gasteiger partial charge in [0.05, 0.1) is 19.0 Å². The zero-order valence-corrected chi connectivity index (χ0v) is 41.7. The first kappa shape index (κ1) is 59.7. The number of aliphatic carboxylic acids is 2. The number of hydrogen-bond donors (Lipinski definition) is 16.